The van der Waals surface area contributed by atoms with Crippen LogP contribution in [0.15, 0.2) is 18.7 Å². The van der Waals surface area contributed by atoms with Gasteiger partial charge in [0.05, 0.1) is 0 Å². The molecule has 0 unspecified atom stereocenters. The van der Waals surface area contributed by atoms with E-state index < -0.39 is 0 Å². The summed E-state index contributed by atoms with van der Waals surface area (Å²) in [4.78, 5) is 3.86. The van der Waals surface area contributed by atoms with Crippen LogP contribution in [0.1, 0.15) is 12.5 Å². The van der Waals surface area contributed by atoms with Gasteiger partial charge < -0.3 is 0 Å². The van der Waals surface area contributed by atoms with Gasteiger partial charge in [0.15, 0.2) is 0 Å². The van der Waals surface area contributed by atoms with Crippen molar-refractivity contribution < 1.29 is 0 Å². The Hall–Kier alpha value is -0.530. The van der Waals surface area contributed by atoms with Gasteiger partial charge in [-0.2, -0.15) is 0 Å². The van der Waals surface area contributed by atoms with E-state index in [-0.39, 0.29) is 0 Å². The maximum Gasteiger partial charge on any atom is 0.138 e. The summed E-state index contributed by atoms with van der Waals surface area (Å²) in [5.41, 5.74) is 1.73. The van der Waals surface area contributed by atoms with Crippen molar-refractivity contribution in [2.75, 3.05) is 0 Å². The van der Waals surface area contributed by atoms with Gasteiger partial charge in [0, 0.05) is 5.56 Å². The summed E-state index contributed by atoms with van der Waals surface area (Å²) >= 11 is 11.4. The van der Waals surface area contributed by atoms with Gasteiger partial charge in [0.2, 0.25) is 0 Å². The van der Waals surface area contributed by atoms with Gasteiger partial charge in [-0.25, -0.2) is 4.98 Å². The highest BCUT2D eigenvalue weighted by molar-refractivity contribution is 6.33. The van der Waals surface area contributed by atoms with Crippen molar-refractivity contribution in [3.8, 4) is 0 Å². The summed E-state index contributed by atoms with van der Waals surface area (Å²) in [6, 6.07) is 3.50. The van der Waals surface area contributed by atoms with Gasteiger partial charge in [0.1, 0.15) is 10.3 Å². The summed E-state index contributed by atoms with van der Waals surface area (Å²) in [7, 11) is 0. The molecular weight excluding hydrogens is 181 g/mol. The molecule has 1 heterocycles. The Morgan fingerprint density at radius 2 is 2.09 bits per heavy atom. The standard InChI is InChI=1S/C8H7Cl2N/c1-5(2)6-3-4-7(9)11-8(6)10/h3-4H,1H2,2H3. The molecule has 1 rings (SSSR count). The van der Waals surface area contributed by atoms with Crippen LogP contribution in [0.2, 0.25) is 10.3 Å². The van der Waals surface area contributed by atoms with E-state index in [0.29, 0.717) is 10.3 Å². The fraction of sp³-hybridized carbons (Fsp3) is 0.125. The molecule has 0 amide bonds. The molecule has 0 radical (unpaired) electrons. The monoisotopic (exact) mass is 187 g/mol. The molecule has 0 fully saturated rings. The van der Waals surface area contributed by atoms with E-state index in [2.05, 4.69) is 11.6 Å². The Morgan fingerprint density at radius 3 is 2.55 bits per heavy atom. The van der Waals surface area contributed by atoms with Gasteiger partial charge in [-0.05, 0) is 24.6 Å². The molecule has 3 heteroatoms. The molecule has 0 bridgehead atoms. The van der Waals surface area contributed by atoms with Gasteiger partial charge in [0.25, 0.3) is 0 Å². The van der Waals surface area contributed by atoms with Crippen molar-refractivity contribution in [1.29, 1.82) is 0 Å². The van der Waals surface area contributed by atoms with Crippen LogP contribution in [0, 0.1) is 0 Å². The van der Waals surface area contributed by atoms with Crippen LogP contribution in [-0.2, 0) is 0 Å². The quantitative estimate of drug-likeness (QED) is 0.615. The van der Waals surface area contributed by atoms with Gasteiger partial charge in [-0.15, -0.1) is 0 Å². The number of nitrogens with zero attached hydrogens (tertiary/aromatic N) is 1. The second-order valence-corrected chi connectivity index (χ2v) is 3.00. The Labute approximate surface area is 75.7 Å². The minimum Gasteiger partial charge on any atom is -0.224 e. The van der Waals surface area contributed by atoms with E-state index in [4.69, 9.17) is 23.2 Å². The van der Waals surface area contributed by atoms with E-state index in [0.717, 1.165) is 11.1 Å². The third kappa shape index (κ3) is 1.95. The Bertz CT molecular complexity index is 294. The van der Waals surface area contributed by atoms with Crippen LogP contribution < -0.4 is 0 Å². The van der Waals surface area contributed by atoms with Crippen molar-refractivity contribution >= 4 is 28.8 Å². The Morgan fingerprint density at radius 1 is 1.45 bits per heavy atom. The van der Waals surface area contributed by atoms with Crippen LogP contribution in [0.25, 0.3) is 5.57 Å². The van der Waals surface area contributed by atoms with Gasteiger partial charge in [-0.1, -0.05) is 29.8 Å². The number of halogens is 2. The predicted molar refractivity (Wildman–Crippen MR) is 49.0 cm³/mol. The number of allylic oxidation sites excluding steroid dienone is 1. The summed E-state index contributed by atoms with van der Waals surface area (Å²) in [5.74, 6) is 0. The van der Waals surface area contributed by atoms with Crippen molar-refractivity contribution in [3.63, 3.8) is 0 Å². The first-order valence-corrected chi connectivity index (χ1v) is 3.85. The number of hydrogen-bond acceptors (Lipinski definition) is 1. The van der Waals surface area contributed by atoms with Crippen LogP contribution in [0.4, 0.5) is 0 Å². The lowest BCUT2D eigenvalue weighted by Crippen LogP contribution is -1.84. The summed E-state index contributed by atoms with van der Waals surface area (Å²) in [6.07, 6.45) is 0. The molecular formula is C8H7Cl2N. The maximum atomic E-state index is 5.77. The molecule has 0 atom stereocenters. The van der Waals surface area contributed by atoms with Crippen molar-refractivity contribution in [2.24, 2.45) is 0 Å². The number of pyridine rings is 1. The molecule has 58 valence electrons. The highest BCUT2D eigenvalue weighted by atomic mass is 35.5. The molecule has 0 aromatic carbocycles. The zero-order valence-electron chi connectivity index (χ0n) is 6.06. The molecule has 11 heavy (non-hydrogen) atoms. The number of aromatic nitrogens is 1. The fourth-order valence-electron chi connectivity index (χ4n) is 0.730. The number of hydrogen-bond donors (Lipinski definition) is 0. The normalized spacial score (nSPS) is 9.73. The Kier molecular flexibility index (Phi) is 2.53. The lowest BCUT2D eigenvalue weighted by molar-refractivity contribution is 1.30. The van der Waals surface area contributed by atoms with Gasteiger partial charge >= 0.3 is 0 Å². The van der Waals surface area contributed by atoms with Crippen LogP contribution >= 0.6 is 23.2 Å². The van der Waals surface area contributed by atoms with E-state index in [9.17, 15) is 0 Å². The SMILES string of the molecule is C=C(C)c1ccc(Cl)nc1Cl. The van der Waals surface area contributed by atoms with Crippen LogP contribution in [-0.4, -0.2) is 4.98 Å². The molecule has 1 aromatic rings. The van der Waals surface area contributed by atoms with Crippen molar-refractivity contribution in [1.82, 2.24) is 4.98 Å². The molecule has 0 aliphatic heterocycles. The zero-order valence-corrected chi connectivity index (χ0v) is 7.58. The second kappa shape index (κ2) is 3.24. The van der Waals surface area contributed by atoms with E-state index in [1.54, 1.807) is 12.1 Å². The lowest BCUT2D eigenvalue weighted by Gasteiger charge is -2.00. The second-order valence-electron chi connectivity index (χ2n) is 2.25. The number of rotatable bonds is 1. The molecule has 0 aliphatic carbocycles. The summed E-state index contributed by atoms with van der Waals surface area (Å²) in [5, 5.41) is 0.810. The Balaban J connectivity index is 3.20. The van der Waals surface area contributed by atoms with Gasteiger partial charge in [-0.3, -0.25) is 0 Å². The van der Waals surface area contributed by atoms with E-state index >= 15 is 0 Å². The first kappa shape index (κ1) is 8.57. The molecule has 0 spiro atoms. The molecule has 0 N–H and O–H groups in total. The molecule has 0 saturated heterocycles. The summed E-state index contributed by atoms with van der Waals surface area (Å²) in [6.45, 7) is 5.62. The smallest absolute Gasteiger partial charge is 0.138 e. The highest BCUT2D eigenvalue weighted by Crippen LogP contribution is 2.21. The minimum atomic E-state index is 0.403. The zero-order chi connectivity index (χ0) is 8.43. The topological polar surface area (TPSA) is 12.9 Å². The predicted octanol–water partition coefficient (Wildman–Crippen LogP) is 3.42. The van der Waals surface area contributed by atoms with E-state index in [1.165, 1.54) is 0 Å². The van der Waals surface area contributed by atoms with Crippen molar-refractivity contribution in [3.05, 3.63) is 34.6 Å². The molecule has 1 nitrogen and oxygen atoms in total. The van der Waals surface area contributed by atoms with Crippen LogP contribution in [0.5, 0.6) is 0 Å². The minimum absolute atomic E-state index is 0.403. The third-order valence-corrected chi connectivity index (χ3v) is 1.77. The first-order chi connectivity index (χ1) is 5.11. The van der Waals surface area contributed by atoms with Crippen LogP contribution in [0.3, 0.4) is 0 Å². The van der Waals surface area contributed by atoms with Crippen molar-refractivity contribution in [2.45, 2.75) is 6.92 Å². The molecule has 1 aromatic heterocycles. The molecule has 0 aliphatic rings. The van der Waals surface area contributed by atoms with E-state index in [1.807, 2.05) is 6.92 Å². The first-order valence-electron chi connectivity index (χ1n) is 3.09. The average molecular weight is 188 g/mol. The maximum absolute atomic E-state index is 5.77. The highest BCUT2D eigenvalue weighted by Gasteiger charge is 2.01. The average Bonchev–Trinajstić information content (AvgIpc) is 1.85. The largest absolute Gasteiger partial charge is 0.224 e. The fourth-order valence-corrected chi connectivity index (χ4v) is 1.24. The summed E-state index contributed by atoms with van der Waals surface area (Å²) < 4.78 is 0. The third-order valence-electron chi connectivity index (χ3n) is 1.27. The lowest BCUT2D eigenvalue weighted by atomic mass is 10.2. The molecule has 0 saturated carbocycles.